The number of aromatic nitrogens is 3. The number of hydrogen-bond acceptors (Lipinski definition) is 6. The zero-order chi connectivity index (χ0) is 20.3. The summed E-state index contributed by atoms with van der Waals surface area (Å²) >= 11 is 1.20. The van der Waals surface area contributed by atoms with Crippen LogP contribution in [0.3, 0.4) is 0 Å². The van der Waals surface area contributed by atoms with Crippen molar-refractivity contribution in [3.05, 3.63) is 59.7 Å². The number of benzene rings is 2. The molecule has 0 unspecified atom stereocenters. The minimum Gasteiger partial charge on any atom is -0.335 e. The first-order valence-corrected chi connectivity index (χ1v) is 9.60. The van der Waals surface area contributed by atoms with E-state index >= 15 is 0 Å². The van der Waals surface area contributed by atoms with Gasteiger partial charge in [-0.05, 0) is 38.5 Å². The Hall–Kier alpha value is -3.13. The molecule has 0 saturated heterocycles. The predicted octanol–water partition coefficient (Wildman–Crippen LogP) is 3.29. The molecule has 7 nitrogen and oxygen atoms in total. The van der Waals surface area contributed by atoms with Gasteiger partial charge in [-0.15, -0.1) is 10.2 Å². The quantitative estimate of drug-likeness (QED) is 0.377. The average Bonchev–Trinajstić information content (AvgIpc) is 3.02. The average molecular weight is 395 g/mol. The molecule has 0 aliphatic heterocycles. The van der Waals surface area contributed by atoms with Gasteiger partial charge >= 0.3 is 0 Å². The van der Waals surface area contributed by atoms with E-state index in [1.165, 1.54) is 23.4 Å². The molecule has 3 aromatic rings. The van der Waals surface area contributed by atoms with E-state index in [-0.39, 0.29) is 11.7 Å². The molecule has 0 spiro atoms. The number of Topliss-reactive ketones (excluding diaryl/α,β-unsaturated/α-hetero) is 1. The highest BCUT2D eigenvalue weighted by Crippen LogP contribution is 2.27. The molecule has 1 atom stereocenters. The summed E-state index contributed by atoms with van der Waals surface area (Å²) in [6.07, 6.45) is 0. The second kappa shape index (κ2) is 8.26. The summed E-state index contributed by atoms with van der Waals surface area (Å²) in [6, 6.07) is 14.7. The molecule has 144 valence electrons. The minimum atomic E-state index is -0.490. The first kappa shape index (κ1) is 19.6. The Balaban J connectivity index is 1.75. The molecule has 0 aliphatic rings. The first-order valence-electron chi connectivity index (χ1n) is 8.72. The number of nitrogens with one attached hydrogen (secondary N) is 1. The van der Waals surface area contributed by atoms with Gasteiger partial charge < -0.3 is 11.2 Å². The van der Waals surface area contributed by atoms with Crippen molar-refractivity contribution in [1.29, 1.82) is 0 Å². The normalized spacial score (nSPS) is 11.8. The van der Waals surface area contributed by atoms with Crippen LogP contribution in [0.1, 0.15) is 29.8 Å². The Labute approximate surface area is 167 Å². The number of para-hydroxylation sites is 1. The SMILES string of the molecule is CC(=O)c1ccccc1NC(=O)[C@H](C)Sc1nnc(-c2ccccc2C)n1N. The van der Waals surface area contributed by atoms with Crippen LogP contribution in [0.4, 0.5) is 5.69 Å². The van der Waals surface area contributed by atoms with Crippen LogP contribution in [-0.4, -0.2) is 31.8 Å². The van der Waals surface area contributed by atoms with Gasteiger partial charge in [-0.3, -0.25) is 9.59 Å². The Kier molecular flexibility index (Phi) is 5.79. The zero-order valence-electron chi connectivity index (χ0n) is 15.8. The zero-order valence-corrected chi connectivity index (χ0v) is 16.7. The topological polar surface area (TPSA) is 103 Å². The van der Waals surface area contributed by atoms with Crippen LogP contribution < -0.4 is 11.2 Å². The maximum atomic E-state index is 12.6. The molecule has 3 rings (SSSR count). The molecule has 1 aromatic heterocycles. The number of carbonyl (C=O) groups is 2. The molecular weight excluding hydrogens is 374 g/mol. The number of aryl methyl sites for hydroxylation is 1. The van der Waals surface area contributed by atoms with E-state index in [1.807, 2.05) is 31.2 Å². The van der Waals surface area contributed by atoms with Crippen LogP contribution in [0.2, 0.25) is 0 Å². The summed E-state index contributed by atoms with van der Waals surface area (Å²) in [4.78, 5) is 24.3. The highest BCUT2D eigenvalue weighted by Gasteiger charge is 2.21. The lowest BCUT2D eigenvalue weighted by molar-refractivity contribution is -0.115. The van der Waals surface area contributed by atoms with Crippen LogP contribution in [0.5, 0.6) is 0 Å². The van der Waals surface area contributed by atoms with Gasteiger partial charge in [0.05, 0.1) is 10.9 Å². The third-order valence-corrected chi connectivity index (χ3v) is 5.32. The smallest absolute Gasteiger partial charge is 0.237 e. The van der Waals surface area contributed by atoms with Crippen molar-refractivity contribution in [2.24, 2.45) is 0 Å². The number of rotatable bonds is 6. The van der Waals surface area contributed by atoms with E-state index in [0.29, 0.717) is 22.2 Å². The van der Waals surface area contributed by atoms with Crippen molar-refractivity contribution < 1.29 is 9.59 Å². The van der Waals surface area contributed by atoms with Gasteiger partial charge in [0, 0.05) is 11.1 Å². The van der Waals surface area contributed by atoms with Gasteiger partial charge in [0.25, 0.3) is 0 Å². The maximum Gasteiger partial charge on any atom is 0.237 e. The van der Waals surface area contributed by atoms with Gasteiger partial charge in [0.15, 0.2) is 11.6 Å². The third-order valence-electron chi connectivity index (χ3n) is 4.27. The van der Waals surface area contributed by atoms with E-state index in [9.17, 15) is 9.59 Å². The largest absolute Gasteiger partial charge is 0.335 e. The number of amides is 1. The molecule has 0 aliphatic carbocycles. The van der Waals surface area contributed by atoms with E-state index < -0.39 is 5.25 Å². The highest BCUT2D eigenvalue weighted by atomic mass is 32.2. The Morgan fingerprint density at radius 2 is 1.79 bits per heavy atom. The standard InChI is InChI=1S/C20H21N5O2S/c1-12-8-4-5-9-15(12)18-23-24-20(25(18)21)28-14(3)19(27)22-17-11-7-6-10-16(17)13(2)26/h4-11,14H,21H2,1-3H3,(H,22,27)/t14-/m0/s1. The van der Waals surface area contributed by atoms with Crippen LogP contribution in [0.25, 0.3) is 11.4 Å². The van der Waals surface area contributed by atoms with Gasteiger partial charge in [-0.2, -0.15) is 0 Å². The van der Waals surface area contributed by atoms with Crippen LogP contribution in [0, 0.1) is 6.92 Å². The lowest BCUT2D eigenvalue weighted by atomic mass is 10.1. The van der Waals surface area contributed by atoms with Crippen LogP contribution >= 0.6 is 11.8 Å². The molecule has 3 N–H and O–H groups in total. The minimum absolute atomic E-state index is 0.110. The van der Waals surface area contributed by atoms with Gasteiger partial charge in [0.2, 0.25) is 11.1 Å². The Bertz CT molecular complexity index is 1030. The number of anilines is 1. The Morgan fingerprint density at radius 3 is 2.50 bits per heavy atom. The van der Waals surface area contributed by atoms with Crippen LogP contribution in [0.15, 0.2) is 53.7 Å². The molecule has 28 heavy (non-hydrogen) atoms. The van der Waals surface area contributed by atoms with E-state index in [2.05, 4.69) is 15.5 Å². The molecule has 1 heterocycles. The van der Waals surface area contributed by atoms with Crippen molar-refractivity contribution in [2.45, 2.75) is 31.2 Å². The fourth-order valence-electron chi connectivity index (χ4n) is 2.71. The molecule has 0 fully saturated rings. The number of carbonyl (C=O) groups excluding carboxylic acids is 2. The number of thioether (sulfide) groups is 1. The summed E-state index contributed by atoms with van der Waals surface area (Å²) in [5.74, 6) is 6.34. The van der Waals surface area contributed by atoms with E-state index in [1.54, 1.807) is 31.2 Å². The molecule has 0 radical (unpaired) electrons. The van der Waals surface area contributed by atoms with Crippen molar-refractivity contribution in [1.82, 2.24) is 14.9 Å². The van der Waals surface area contributed by atoms with Crippen LogP contribution in [-0.2, 0) is 4.79 Å². The van der Waals surface area contributed by atoms with Gasteiger partial charge in [-0.1, -0.05) is 48.2 Å². The second-order valence-corrected chi connectivity index (χ2v) is 7.65. The van der Waals surface area contributed by atoms with Crippen molar-refractivity contribution >= 4 is 29.1 Å². The number of nitrogens with zero attached hydrogens (tertiary/aromatic N) is 3. The third kappa shape index (κ3) is 4.07. The van der Waals surface area contributed by atoms with Gasteiger partial charge in [0.1, 0.15) is 0 Å². The summed E-state index contributed by atoms with van der Waals surface area (Å²) in [6.45, 7) is 5.19. The fourth-order valence-corrected chi connectivity index (χ4v) is 3.48. The van der Waals surface area contributed by atoms with Crippen molar-refractivity contribution in [2.75, 3.05) is 11.2 Å². The number of hydrogen-bond donors (Lipinski definition) is 2. The highest BCUT2D eigenvalue weighted by molar-refractivity contribution is 8.00. The molecule has 0 bridgehead atoms. The lowest BCUT2D eigenvalue weighted by Crippen LogP contribution is -2.24. The second-order valence-electron chi connectivity index (χ2n) is 6.34. The van der Waals surface area contributed by atoms with Crippen molar-refractivity contribution in [3.8, 4) is 11.4 Å². The monoisotopic (exact) mass is 395 g/mol. The molecule has 1 amide bonds. The van der Waals surface area contributed by atoms with Crippen molar-refractivity contribution in [3.63, 3.8) is 0 Å². The number of nitrogens with two attached hydrogens (primary N) is 1. The van der Waals surface area contributed by atoms with E-state index in [4.69, 9.17) is 5.84 Å². The maximum absolute atomic E-state index is 12.6. The molecular formula is C20H21N5O2S. The first-order chi connectivity index (χ1) is 13.4. The van der Waals surface area contributed by atoms with E-state index in [0.717, 1.165) is 11.1 Å². The lowest BCUT2D eigenvalue weighted by Gasteiger charge is -2.13. The summed E-state index contributed by atoms with van der Waals surface area (Å²) in [7, 11) is 0. The molecule has 8 heteroatoms. The molecule has 0 saturated carbocycles. The number of nitrogen functional groups attached to an aromatic ring is 1. The summed E-state index contributed by atoms with van der Waals surface area (Å²) < 4.78 is 1.39. The molecule has 2 aromatic carbocycles. The predicted molar refractivity (Wildman–Crippen MR) is 111 cm³/mol. The summed E-state index contributed by atoms with van der Waals surface area (Å²) in [5.41, 5.74) is 2.88. The number of ketones is 1. The Morgan fingerprint density at radius 1 is 1.11 bits per heavy atom. The van der Waals surface area contributed by atoms with Gasteiger partial charge in [-0.25, -0.2) is 4.68 Å². The summed E-state index contributed by atoms with van der Waals surface area (Å²) in [5, 5.41) is 11.0. The fraction of sp³-hybridized carbons (Fsp3) is 0.200.